The Kier molecular flexibility index (Phi) is 6.66. The lowest BCUT2D eigenvalue weighted by Crippen LogP contribution is -2.31. The van der Waals surface area contributed by atoms with Crippen LogP contribution in [0.3, 0.4) is 0 Å². The van der Waals surface area contributed by atoms with Gasteiger partial charge in [-0.15, -0.1) is 0 Å². The number of amides is 1. The molecule has 1 atom stereocenters. The fraction of sp³-hybridized carbons (Fsp3) is 0.238. The van der Waals surface area contributed by atoms with Gasteiger partial charge in [-0.1, -0.05) is 12.1 Å². The van der Waals surface area contributed by atoms with E-state index < -0.39 is 47.1 Å². The largest absolute Gasteiger partial charge is 0.449 e. The van der Waals surface area contributed by atoms with Crippen molar-refractivity contribution in [3.8, 4) is 5.82 Å². The van der Waals surface area contributed by atoms with Crippen molar-refractivity contribution in [1.82, 2.24) is 14.8 Å². The number of anilines is 1. The molecule has 0 aliphatic rings. The molecule has 3 rings (SSSR count). The molecule has 180 valence electrons. The van der Waals surface area contributed by atoms with Crippen molar-refractivity contribution in [2.24, 2.45) is 0 Å². The summed E-state index contributed by atoms with van der Waals surface area (Å²) in [6, 6.07) is 6.17. The maximum absolute atomic E-state index is 13.1. The SMILES string of the molecule is Cc1c(C(=O)OC(C)C(=O)Nc2ccccc2C(F)(F)F)cnn1-c1ccc(C(F)(F)F)cn1. The number of hydrogen-bond donors (Lipinski definition) is 1. The molecule has 34 heavy (non-hydrogen) atoms. The first-order chi connectivity index (χ1) is 15.8. The zero-order chi connectivity index (χ0) is 25.3. The zero-order valence-corrected chi connectivity index (χ0v) is 17.5. The number of esters is 1. The molecule has 3 aromatic rings. The molecule has 1 N–H and O–H groups in total. The van der Waals surface area contributed by atoms with Crippen molar-refractivity contribution in [3.63, 3.8) is 0 Å². The van der Waals surface area contributed by atoms with Crippen molar-refractivity contribution in [3.05, 3.63) is 71.2 Å². The van der Waals surface area contributed by atoms with Crippen LogP contribution in [0.5, 0.6) is 0 Å². The minimum atomic E-state index is -4.71. The second-order valence-corrected chi connectivity index (χ2v) is 7.04. The Morgan fingerprint density at radius 1 is 1.00 bits per heavy atom. The Morgan fingerprint density at radius 3 is 2.26 bits per heavy atom. The van der Waals surface area contributed by atoms with Crippen LogP contribution in [0.15, 0.2) is 48.8 Å². The monoisotopic (exact) mass is 486 g/mol. The van der Waals surface area contributed by atoms with Gasteiger partial charge in [0.25, 0.3) is 5.91 Å². The molecule has 0 aliphatic heterocycles. The third kappa shape index (κ3) is 5.35. The minimum absolute atomic E-state index is 0.000834. The van der Waals surface area contributed by atoms with Crippen LogP contribution in [0, 0.1) is 6.92 Å². The summed E-state index contributed by atoms with van der Waals surface area (Å²) in [5, 5.41) is 5.98. The lowest BCUT2D eigenvalue weighted by molar-refractivity contribution is -0.138. The second-order valence-electron chi connectivity index (χ2n) is 7.04. The van der Waals surface area contributed by atoms with Crippen molar-refractivity contribution in [2.45, 2.75) is 32.3 Å². The van der Waals surface area contributed by atoms with Gasteiger partial charge in [-0.3, -0.25) is 4.79 Å². The number of alkyl halides is 6. The van der Waals surface area contributed by atoms with E-state index in [0.29, 0.717) is 6.20 Å². The molecule has 13 heteroatoms. The molecular formula is C21H16F6N4O3. The maximum atomic E-state index is 13.1. The lowest BCUT2D eigenvalue weighted by Gasteiger charge is -2.16. The van der Waals surface area contributed by atoms with E-state index in [-0.39, 0.29) is 17.1 Å². The number of carbonyl (C=O) groups is 2. The van der Waals surface area contributed by atoms with Crippen LogP contribution in [-0.4, -0.2) is 32.7 Å². The Morgan fingerprint density at radius 2 is 1.68 bits per heavy atom. The third-order valence-corrected chi connectivity index (χ3v) is 4.67. The molecule has 1 amide bonds. The van der Waals surface area contributed by atoms with Crippen LogP contribution in [0.2, 0.25) is 0 Å². The topological polar surface area (TPSA) is 86.1 Å². The van der Waals surface area contributed by atoms with E-state index in [1.807, 2.05) is 0 Å². The van der Waals surface area contributed by atoms with E-state index in [4.69, 9.17) is 4.74 Å². The zero-order valence-electron chi connectivity index (χ0n) is 17.5. The number of aromatic nitrogens is 3. The van der Waals surface area contributed by atoms with Gasteiger partial charge in [0, 0.05) is 6.20 Å². The highest BCUT2D eigenvalue weighted by Crippen LogP contribution is 2.34. The van der Waals surface area contributed by atoms with Gasteiger partial charge < -0.3 is 10.1 Å². The molecule has 0 aliphatic carbocycles. The summed E-state index contributed by atoms with van der Waals surface area (Å²) in [6.07, 6.45) is -9.07. The molecule has 2 heterocycles. The molecule has 0 saturated heterocycles. The van der Waals surface area contributed by atoms with Gasteiger partial charge in [0.2, 0.25) is 0 Å². The van der Waals surface area contributed by atoms with Crippen molar-refractivity contribution >= 4 is 17.6 Å². The van der Waals surface area contributed by atoms with Crippen LogP contribution >= 0.6 is 0 Å². The molecule has 2 aromatic heterocycles. The first-order valence-electron chi connectivity index (χ1n) is 9.55. The minimum Gasteiger partial charge on any atom is -0.449 e. The smallest absolute Gasteiger partial charge is 0.418 e. The average molecular weight is 486 g/mol. The molecule has 0 spiro atoms. The van der Waals surface area contributed by atoms with Gasteiger partial charge in [-0.2, -0.15) is 31.4 Å². The third-order valence-electron chi connectivity index (χ3n) is 4.67. The predicted molar refractivity (Wildman–Crippen MR) is 106 cm³/mol. The molecule has 0 fully saturated rings. The lowest BCUT2D eigenvalue weighted by atomic mass is 10.1. The first-order valence-corrected chi connectivity index (χ1v) is 9.55. The number of ether oxygens (including phenoxy) is 1. The molecule has 0 bridgehead atoms. The van der Waals surface area contributed by atoms with E-state index in [1.165, 1.54) is 19.9 Å². The fourth-order valence-electron chi connectivity index (χ4n) is 2.87. The normalized spacial score (nSPS) is 12.8. The van der Waals surface area contributed by atoms with Crippen molar-refractivity contribution < 1.29 is 40.7 Å². The first kappa shape index (κ1) is 24.7. The molecule has 0 radical (unpaired) electrons. The van der Waals surface area contributed by atoms with E-state index >= 15 is 0 Å². The summed E-state index contributed by atoms with van der Waals surface area (Å²) in [6.45, 7) is 2.59. The van der Waals surface area contributed by atoms with E-state index in [0.717, 1.165) is 41.2 Å². The number of benzene rings is 1. The molecular weight excluding hydrogens is 470 g/mol. The highest BCUT2D eigenvalue weighted by Gasteiger charge is 2.34. The van der Waals surface area contributed by atoms with Crippen molar-refractivity contribution in [2.75, 3.05) is 5.32 Å². The molecule has 7 nitrogen and oxygen atoms in total. The summed E-state index contributed by atoms with van der Waals surface area (Å²) >= 11 is 0. The van der Waals surface area contributed by atoms with Crippen LogP contribution in [-0.2, 0) is 21.9 Å². The number of halogens is 6. The molecule has 1 unspecified atom stereocenters. The van der Waals surface area contributed by atoms with Crippen LogP contribution in [0.25, 0.3) is 5.82 Å². The number of nitrogens with zero attached hydrogens (tertiary/aromatic N) is 3. The summed E-state index contributed by atoms with van der Waals surface area (Å²) < 4.78 is 83.5. The van der Waals surface area contributed by atoms with Gasteiger partial charge in [0.05, 0.1) is 28.7 Å². The summed E-state index contributed by atoms with van der Waals surface area (Å²) in [5.74, 6) is -2.01. The molecule has 1 aromatic carbocycles. The van der Waals surface area contributed by atoms with Gasteiger partial charge in [0.15, 0.2) is 11.9 Å². The predicted octanol–water partition coefficient (Wildman–Crippen LogP) is 4.80. The number of rotatable bonds is 5. The van der Waals surface area contributed by atoms with Gasteiger partial charge in [-0.05, 0) is 38.1 Å². The van der Waals surface area contributed by atoms with Crippen LogP contribution in [0.1, 0.15) is 34.1 Å². The van der Waals surface area contributed by atoms with E-state index in [9.17, 15) is 35.9 Å². The average Bonchev–Trinajstić information content (AvgIpc) is 3.14. The summed E-state index contributed by atoms with van der Waals surface area (Å²) in [7, 11) is 0. The molecule has 0 saturated carbocycles. The van der Waals surface area contributed by atoms with Crippen molar-refractivity contribution in [1.29, 1.82) is 0 Å². The Balaban J connectivity index is 1.72. The Bertz CT molecular complexity index is 1200. The number of hydrogen-bond acceptors (Lipinski definition) is 5. The fourth-order valence-corrected chi connectivity index (χ4v) is 2.87. The summed E-state index contributed by atoms with van der Waals surface area (Å²) in [5.41, 5.74) is -2.49. The summed E-state index contributed by atoms with van der Waals surface area (Å²) in [4.78, 5) is 28.5. The Labute approximate surface area is 188 Å². The van der Waals surface area contributed by atoms with E-state index in [1.54, 1.807) is 0 Å². The maximum Gasteiger partial charge on any atom is 0.418 e. The standard InChI is InChI=1S/C21H16F6N4O3/c1-11-14(10-29-31(11)17-8-7-13(9-28-17)20(22,23)24)19(33)34-12(2)18(32)30-16-6-4-3-5-15(16)21(25,26)27/h3-10,12H,1-2H3,(H,30,32). The highest BCUT2D eigenvalue weighted by molar-refractivity contribution is 5.98. The van der Waals surface area contributed by atoms with Gasteiger partial charge in [0.1, 0.15) is 5.56 Å². The van der Waals surface area contributed by atoms with Crippen LogP contribution in [0.4, 0.5) is 32.0 Å². The van der Waals surface area contributed by atoms with E-state index in [2.05, 4.69) is 15.4 Å². The Hall–Kier alpha value is -3.90. The van der Waals surface area contributed by atoms with Gasteiger partial charge in [-0.25, -0.2) is 14.5 Å². The number of carbonyl (C=O) groups excluding carboxylic acids is 2. The highest BCUT2D eigenvalue weighted by atomic mass is 19.4. The second kappa shape index (κ2) is 9.15. The quantitative estimate of drug-likeness (QED) is 0.414. The van der Waals surface area contributed by atoms with Crippen LogP contribution < -0.4 is 5.32 Å². The van der Waals surface area contributed by atoms with Gasteiger partial charge >= 0.3 is 18.3 Å². The number of para-hydroxylation sites is 1. The number of pyridine rings is 1. The number of nitrogens with one attached hydrogen (secondary N) is 1.